The number of carbonyl (C=O) groups excluding carboxylic acids is 3. The van der Waals surface area contributed by atoms with Gasteiger partial charge in [-0.15, -0.1) is 5.10 Å². The third-order valence-electron chi connectivity index (χ3n) is 6.20. The summed E-state index contributed by atoms with van der Waals surface area (Å²) in [5, 5.41) is 11.8. The molecule has 2 N–H and O–H groups in total. The number of rotatable bonds is 7. The number of nitrogens with zero attached hydrogens (tertiary/aromatic N) is 4. The summed E-state index contributed by atoms with van der Waals surface area (Å²) in [6, 6.07) is 23.7. The van der Waals surface area contributed by atoms with Crippen molar-refractivity contribution in [3.63, 3.8) is 0 Å². The smallest absolute Gasteiger partial charge is 0.322 e. The lowest BCUT2D eigenvalue weighted by Gasteiger charge is -2.21. The Morgan fingerprint density at radius 1 is 0.943 bits per heavy atom. The van der Waals surface area contributed by atoms with Crippen LogP contribution in [-0.2, 0) is 17.8 Å². The van der Waals surface area contributed by atoms with E-state index in [0.717, 1.165) is 27.2 Å². The van der Waals surface area contributed by atoms with Gasteiger partial charge in [-0.25, -0.2) is 9.48 Å². The van der Waals surface area contributed by atoms with Crippen LogP contribution in [0, 0.1) is 0 Å². The average Bonchev–Trinajstić information content (AvgIpc) is 3.38. The molecule has 3 aromatic carbocycles. The average molecular weight is 469 g/mol. The van der Waals surface area contributed by atoms with E-state index in [1.165, 1.54) is 0 Å². The zero-order chi connectivity index (χ0) is 24.4. The van der Waals surface area contributed by atoms with Crippen molar-refractivity contribution < 1.29 is 14.4 Å². The lowest BCUT2D eigenvalue weighted by molar-refractivity contribution is -0.132. The van der Waals surface area contributed by atoms with Crippen molar-refractivity contribution in [2.24, 2.45) is 0 Å². The first-order valence-corrected chi connectivity index (χ1v) is 11.3. The molecule has 2 heterocycles. The van der Waals surface area contributed by atoms with Gasteiger partial charge in [0.15, 0.2) is 0 Å². The van der Waals surface area contributed by atoms with Crippen LogP contribution in [-0.4, -0.2) is 43.4 Å². The van der Waals surface area contributed by atoms with Gasteiger partial charge in [0, 0.05) is 5.56 Å². The van der Waals surface area contributed by atoms with Crippen LogP contribution >= 0.6 is 0 Å². The largest absolute Gasteiger partial charge is 0.344 e. The van der Waals surface area contributed by atoms with E-state index in [1.807, 2.05) is 54.6 Å². The second kappa shape index (κ2) is 9.02. The fourth-order valence-electron chi connectivity index (χ4n) is 4.13. The molecule has 0 spiro atoms. The van der Waals surface area contributed by atoms with Gasteiger partial charge in [0.05, 0.1) is 12.1 Å². The highest BCUT2D eigenvalue weighted by molar-refractivity contribution is 6.09. The monoisotopic (exact) mass is 468 g/mol. The van der Waals surface area contributed by atoms with Crippen LogP contribution in [0.3, 0.4) is 0 Å². The van der Waals surface area contributed by atoms with E-state index in [9.17, 15) is 14.4 Å². The minimum absolute atomic E-state index is 0.329. The van der Waals surface area contributed by atoms with Crippen molar-refractivity contribution in [3.05, 3.63) is 95.6 Å². The van der Waals surface area contributed by atoms with Crippen LogP contribution < -0.4 is 10.7 Å². The number of para-hydroxylation sites is 1. The fraction of sp³-hybridized carbons (Fsp3) is 0.192. The van der Waals surface area contributed by atoms with Crippen molar-refractivity contribution in [2.75, 3.05) is 0 Å². The van der Waals surface area contributed by atoms with E-state index < -0.39 is 23.4 Å². The number of amides is 4. The van der Waals surface area contributed by atoms with Gasteiger partial charge in [-0.3, -0.25) is 15.0 Å². The molecule has 1 fully saturated rings. The summed E-state index contributed by atoms with van der Waals surface area (Å²) in [6.45, 7) is 2.17. The number of hydrogen-bond acceptors (Lipinski definition) is 5. The number of aromatic nitrogens is 3. The molecule has 1 aliphatic rings. The van der Waals surface area contributed by atoms with Crippen molar-refractivity contribution in [3.8, 4) is 0 Å². The summed E-state index contributed by atoms with van der Waals surface area (Å²) in [5.41, 5.74) is 5.41. The van der Waals surface area contributed by atoms with Gasteiger partial charge in [0.1, 0.15) is 11.1 Å². The molecule has 176 valence electrons. The molecule has 9 heteroatoms. The highest BCUT2D eigenvalue weighted by Crippen LogP contribution is 2.22. The van der Waals surface area contributed by atoms with Crippen LogP contribution in [0.4, 0.5) is 4.79 Å². The number of benzene rings is 3. The molecule has 0 radical (unpaired) electrons. The second-order valence-corrected chi connectivity index (χ2v) is 8.76. The zero-order valence-corrected chi connectivity index (χ0v) is 19.1. The quantitative estimate of drug-likeness (QED) is 0.405. The van der Waals surface area contributed by atoms with Crippen LogP contribution in [0.15, 0.2) is 78.9 Å². The van der Waals surface area contributed by atoms with E-state index in [-0.39, 0.29) is 0 Å². The van der Waals surface area contributed by atoms with Gasteiger partial charge in [-0.1, -0.05) is 59.8 Å². The third-order valence-corrected chi connectivity index (χ3v) is 6.20. The minimum Gasteiger partial charge on any atom is -0.322 e. The first-order valence-electron chi connectivity index (χ1n) is 11.3. The van der Waals surface area contributed by atoms with Crippen LogP contribution in [0.1, 0.15) is 34.8 Å². The predicted octanol–water partition coefficient (Wildman–Crippen LogP) is 3.07. The summed E-state index contributed by atoms with van der Waals surface area (Å²) < 4.78 is 1.79. The standard InChI is InChI=1S/C26H24N6O3/c1-26(16-15-18-7-3-2-4-8-18)24(34)32(25(35)27-26)29-23(33)20-13-11-19(12-14-20)17-31-22-10-6-5-9-21(22)28-30-31/h2-14H,15-17H2,1H3,(H,27,35)(H,29,33)/t26-/m0/s1. The molecule has 35 heavy (non-hydrogen) atoms. The second-order valence-electron chi connectivity index (χ2n) is 8.76. The molecule has 9 nitrogen and oxygen atoms in total. The summed E-state index contributed by atoms with van der Waals surface area (Å²) in [5.74, 6) is -1.03. The van der Waals surface area contributed by atoms with Crippen LogP contribution in [0.2, 0.25) is 0 Å². The number of urea groups is 1. The summed E-state index contributed by atoms with van der Waals surface area (Å²) in [6.07, 6.45) is 1.04. The Bertz CT molecular complexity index is 1400. The van der Waals surface area contributed by atoms with Crippen molar-refractivity contribution in [1.29, 1.82) is 0 Å². The topological polar surface area (TPSA) is 109 Å². The molecule has 4 amide bonds. The maximum atomic E-state index is 13.0. The number of hydrogen-bond donors (Lipinski definition) is 2. The van der Waals surface area contributed by atoms with Crippen LogP contribution in [0.25, 0.3) is 11.0 Å². The maximum absolute atomic E-state index is 13.0. The van der Waals surface area contributed by atoms with Gasteiger partial charge in [-0.2, -0.15) is 5.01 Å². The minimum atomic E-state index is -1.09. The van der Waals surface area contributed by atoms with Crippen molar-refractivity contribution in [2.45, 2.75) is 31.8 Å². The molecular formula is C26H24N6O3. The zero-order valence-electron chi connectivity index (χ0n) is 19.1. The summed E-state index contributed by atoms with van der Waals surface area (Å²) in [7, 11) is 0. The Labute approximate surface area is 201 Å². The van der Waals surface area contributed by atoms with Gasteiger partial charge in [0.2, 0.25) is 0 Å². The number of carbonyl (C=O) groups is 3. The number of nitrogens with one attached hydrogen (secondary N) is 2. The summed E-state index contributed by atoms with van der Waals surface area (Å²) >= 11 is 0. The molecule has 1 atom stereocenters. The normalized spacial score (nSPS) is 17.6. The maximum Gasteiger partial charge on any atom is 0.344 e. The van der Waals surface area contributed by atoms with E-state index in [2.05, 4.69) is 21.1 Å². The molecular weight excluding hydrogens is 444 g/mol. The Morgan fingerprint density at radius 3 is 2.43 bits per heavy atom. The lowest BCUT2D eigenvalue weighted by Crippen LogP contribution is -2.48. The van der Waals surface area contributed by atoms with Crippen LogP contribution in [0.5, 0.6) is 0 Å². The molecule has 1 aromatic heterocycles. The van der Waals surface area contributed by atoms with E-state index >= 15 is 0 Å². The highest BCUT2D eigenvalue weighted by Gasteiger charge is 2.48. The molecule has 4 aromatic rings. The van der Waals surface area contributed by atoms with Gasteiger partial charge in [0.25, 0.3) is 11.8 Å². The molecule has 0 aliphatic carbocycles. The van der Waals surface area contributed by atoms with Crippen molar-refractivity contribution in [1.82, 2.24) is 30.7 Å². The molecule has 1 saturated heterocycles. The van der Waals surface area contributed by atoms with Gasteiger partial charge >= 0.3 is 6.03 Å². The molecule has 0 bridgehead atoms. The van der Waals surface area contributed by atoms with E-state index in [4.69, 9.17) is 0 Å². The molecule has 1 aliphatic heterocycles. The number of hydrazine groups is 1. The molecule has 5 rings (SSSR count). The molecule has 0 saturated carbocycles. The van der Waals surface area contributed by atoms with Crippen molar-refractivity contribution >= 4 is 28.9 Å². The van der Waals surface area contributed by atoms with E-state index in [1.54, 1.807) is 35.9 Å². The SMILES string of the molecule is C[C@@]1(CCc2ccccc2)NC(=O)N(NC(=O)c2ccc(Cn3nnc4ccccc43)cc2)C1=O. The highest BCUT2D eigenvalue weighted by atomic mass is 16.2. The Kier molecular flexibility index (Phi) is 5.74. The number of aryl methyl sites for hydroxylation is 1. The first kappa shape index (κ1) is 22.3. The Hall–Kier alpha value is -4.53. The molecule has 0 unspecified atom stereocenters. The Balaban J connectivity index is 1.22. The number of fused-ring (bicyclic) bond motifs is 1. The Morgan fingerprint density at radius 2 is 1.66 bits per heavy atom. The van der Waals surface area contributed by atoms with Gasteiger partial charge < -0.3 is 5.32 Å². The first-order chi connectivity index (χ1) is 16.9. The van der Waals surface area contributed by atoms with E-state index in [0.29, 0.717) is 24.9 Å². The van der Waals surface area contributed by atoms with Gasteiger partial charge in [-0.05, 0) is 55.2 Å². The summed E-state index contributed by atoms with van der Waals surface area (Å²) in [4.78, 5) is 38.2. The lowest BCUT2D eigenvalue weighted by atomic mass is 9.93. The predicted molar refractivity (Wildman–Crippen MR) is 129 cm³/mol. The number of imide groups is 1. The fourth-order valence-corrected chi connectivity index (χ4v) is 4.13. The third kappa shape index (κ3) is 4.48.